The average molecular weight is 529 g/mol. The number of rotatable bonds is 8. The van der Waals surface area contributed by atoms with E-state index in [0.717, 1.165) is 16.0 Å². The van der Waals surface area contributed by atoms with Crippen molar-refractivity contribution in [1.82, 2.24) is 0 Å². The van der Waals surface area contributed by atoms with E-state index in [9.17, 15) is 14.9 Å². The lowest BCUT2D eigenvalue weighted by molar-refractivity contribution is -0.112. The van der Waals surface area contributed by atoms with Gasteiger partial charge in [0.05, 0.1) is 12.2 Å². The van der Waals surface area contributed by atoms with E-state index in [1.54, 1.807) is 44.2 Å². The van der Waals surface area contributed by atoms with Crippen LogP contribution in [0.2, 0.25) is 10.0 Å². The standard InChI is InChI=1S/C26H22Cl2N2O4S/c1-4-33-26(32)23-15(2)16(3)35-25(23)30-24(31)19(13-29)11-18-12-21(28)8-9-22(18)34-14-17-6-5-7-20(27)10-17/h5-12H,4,14H2,1-3H3,(H,30,31)/b19-11+. The van der Waals surface area contributed by atoms with Crippen LogP contribution in [0.4, 0.5) is 5.00 Å². The molecule has 3 aromatic rings. The normalized spacial score (nSPS) is 11.0. The first-order valence-electron chi connectivity index (χ1n) is 10.6. The maximum Gasteiger partial charge on any atom is 0.341 e. The Bertz CT molecular complexity index is 1340. The fraction of sp³-hybridized carbons (Fsp3) is 0.192. The van der Waals surface area contributed by atoms with Crippen LogP contribution in [0.25, 0.3) is 6.08 Å². The van der Waals surface area contributed by atoms with Crippen molar-refractivity contribution in [3.63, 3.8) is 0 Å². The summed E-state index contributed by atoms with van der Waals surface area (Å²) < 4.78 is 11.0. The molecule has 0 unspecified atom stereocenters. The first-order chi connectivity index (χ1) is 16.7. The van der Waals surface area contributed by atoms with Gasteiger partial charge < -0.3 is 14.8 Å². The number of halogens is 2. The number of anilines is 1. The number of hydrogen-bond donors (Lipinski definition) is 1. The second kappa shape index (κ2) is 11.9. The highest BCUT2D eigenvalue weighted by Gasteiger charge is 2.23. The Morgan fingerprint density at radius 1 is 1.14 bits per heavy atom. The molecule has 0 aliphatic rings. The zero-order valence-electron chi connectivity index (χ0n) is 19.3. The number of nitrogens with one attached hydrogen (secondary N) is 1. The lowest BCUT2D eigenvalue weighted by atomic mass is 10.1. The van der Waals surface area contributed by atoms with E-state index in [-0.39, 0.29) is 24.4 Å². The van der Waals surface area contributed by atoms with Gasteiger partial charge in [-0.05, 0) is 68.3 Å². The summed E-state index contributed by atoms with van der Waals surface area (Å²) >= 11 is 13.4. The van der Waals surface area contributed by atoms with Gasteiger partial charge in [-0.15, -0.1) is 11.3 Å². The molecule has 1 aromatic heterocycles. The molecule has 35 heavy (non-hydrogen) atoms. The van der Waals surface area contributed by atoms with Gasteiger partial charge in [0.1, 0.15) is 29.0 Å². The minimum atomic E-state index is -0.667. The molecule has 0 saturated carbocycles. The summed E-state index contributed by atoms with van der Waals surface area (Å²) in [4.78, 5) is 26.3. The first kappa shape index (κ1) is 26.3. The van der Waals surface area contributed by atoms with Crippen molar-refractivity contribution in [3.8, 4) is 11.8 Å². The zero-order chi connectivity index (χ0) is 25.5. The number of thiophene rings is 1. The highest BCUT2D eigenvalue weighted by Crippen LogP contribution is 2.34. The van der Waals surface area contributed by atoms with Crippen LogP contribution in [0.5, 0.6) is 5.75 Å². The van der Waals surface area contributed by atoms with Crippen molar-refractivity contribution in [2.45, 2.75) is 27.4 Å². The van der Waals surface area contributed by atoms with Crippen LogP contribution < -0.4 is 10.1 Å². The minimum Gasteiger partial charge on any atom is -0.488 e. The van der Waals surface area contributed by atoms with E-state index in [1.807, 2.05) is 25.1 Å². The molecule has 0 saturated heterocycles. The van der Waals surface area contributed by atoms with E-state index in [1.165, 1.54) is 17.4 Å². The first-order valence-corrected chi connectivity index (χ1v) is 12.2. The molecule has 0 fully saturated rings. The van der Waals surface area contributed by atoms with Crippen LogP contribution in [-0.2, 0) is 16.1 Å². The molecular formula is C26H22Cl2N2O4S. The molecule has 1 N–H and O–H groups in total. The molecule has 180 valence electrons. The number of benzene rings is 2. The second-order valence-electron chi connectivity index (χ2n) is 7.43. The highest BCUT2D eigenvalue weighted by atomic mass is 35.5. The van der Waals surface area contributed by atoms with Crippen molar-refractivity contribution in [3.05, 3.63) is 85.2 Å². The SMILES string of the molecule is CCOC(=O)c1c(NC(=O)/C(C#N)=C/c2cc(Cl)ccc2OCc2cccc(Cl)c2)sc(C)c1C. The lowest BCUT2D eigenvalue weighted by Crippen LogP contribution is -2.16. The van der Waals surface area contributed by atoms with Gasteiger partial charge in [0.2, 0.25) is 0 Å². The Hall–Kier alpha value is -3.31. The molecule has 0 aliphatic carbocycles. The van der Waals surface area contributed by atoms with Gasteiger partial charge in [0.25, 0.3) is 5.91 Å². The lowest BCUT2D eigenvalue weighted by Gasteiger charge is -2.11. The average Bonchev–Trinajstić information content (AvgIpc) is 3.09. The van der Waals surface area contributed by atoms with Gasteiger partial charge in [-0.3, -0.25) is 4.79 Å². The van der Waals surface area contributed by atoms with Crippen molar-refractivity contribution >= 4 is 57.5 Å². The Balaban J connectivity index is 1.88. The summed E-state index contributed by atoms with van der Waals surface area (Å²) in [5.41, 5.74) is 2.13. The third-order valence-electron chi connectivity index (χ3n) is 5.01. The third kappa shape index (κ3) is 6.64. The Morgan fingerprint density at radius 3 is 2.57 bits per heavy atom. The smallest absolute Gasteiger partial charge is 0.341 e. The topological polar surface area (TPSA) is 88.4 Å². The third-order valence-corrected chi connectivity index (χ3v) is 6.60. The van der Waals surface area contributed by atoms with E-state index < -0.39 is 11.9 Å². The molecule has 0 atom stereocenters. The van der Waals surface area contributed by atoms with E-state index in [2.05, 4.69) is 5.32 Å². The van der Waals surface area contributed by atoms with Gasteiger partial charge >= 0.3 is 5.97 Å². The molecule has 0 bridgehead atoms. The number of carbonyl (C=O) groups is 2. The molecule has 0 radical (unpaired) electrons. The quantitative estimate of drug-likeness (QED) is 0.193. The summed E-state index contributed by atoms with van der Waals surface area (Å²) in [6.07, 6.45) is 1.39. The number of ether oxygens (including phenoxy) is 2. The van der Waals surface area contributed by atoms with E-state index in [4.69, 9.17) is 32.7 Å². The summed E-state index contributed by atoms with van der Waals surface area (Å²) in [5, 5.41) is 13.7. The second-order valence-corrected chi connectivity index (χ2v) is 9.53. The van der Waals surface area contributed by atoms with Gasteiger partial charge in [0.15, 0.2) is 0 Å². The number of aryl methyl sites for hydroxylation is 1. The van der Waals surface area contributed by atoms with Crippen LogP contribution in [0.15, 0.2) is 48.0 Å². The van der Waals surface area contributed by atoms with Crippen LogP contribution in [-0.4, -0.2) is 18.5 Å². The Labute approximate surface area is 217 Å². The molecule has 0 spiro atoms. The molecule has 6 nitrogen and oxygen atoms in total. The van der Waals surface area contributed by atoms with Crippen molar-refractivity contribution in [1.29, 1.82) is 5.26 Å². The number of amides is 1. The summed E-state index contributed by atoms with van der Waals surface area (Å²) in [6, 6.07) is 14.1. The zero-order valence-corrected chi connectivity index (χ0v) is 21.6. The van der Waals surface area contributed by atoms with E-state index in [0.29, 0.717) is 26.4 Å². The van der Waals surface area contributed by atoms with Gasteiger partial charge in [-0.2, -0.15) is 5.26 Å². The fourth-order valence-corrected chi connectivity index (χ4v) is 4.63. The van der Waals surface area contributed by atoms with Crippen molar-refractivity contribution in [2.75, 3.05) is 11.9 Å². The van der Waals surface area contributed by atoms with Crippen molar-refractivity contribution < 1.29 is 19.1 Å². The molecular weight excluding hydrogens is 507 g/mol. The number of nitriles is 1. The van der Waals surface area contributed by atoms with Crippen molar-refractivity contribution in [2.24, 2.45) is 0 Å². The van der Waals surface area contributed by atoms with Gasteiger partial charge in [-0.25, -0.2) is 4.79 Å². The van der Waals surface area contributed by atoms with Crippen LogP contribution in [0.1, 0.15) is 38.8 Å². The molecule has 0 aliphatic heterocycles. The molecule has 3 rings (SSSR count). The number of carbonyl (C=O) groups excluding carboxylic acids is 2. The van der Waals surface area contributed by atoms with Crippen LogP contribution in [0, 0.1) is 25.2 Å². The number of hydrogen-bond acceptors (Lipinski definition) is 6. The molecule has 1 amide bonds. The van der Waals surface area contributed by atoms with Crippen LogP contribution in [0.3, 0.4) is 0 Å². The maximum atomic E-state index is 13.0. The summed E-state index contributed by atoms with van der Waals surface area (Å²) in [5.74, 6) is -0.760. The molecule has 9 heteroatoms. The summed E-state index contributed by atoms with van der Waals surface area (Å²) in [7, 11) is 0. The minimum absolute atomic E-state index is 0.182. The largest absolute Gasteiger partial charge is 0.488 e. The van der Waals surface area contributed by atoms with Gasteiger partial charge in [-0.1, -0.05) is 35.3 Å². The monoisotopic (exact) mass is 528 g/mol. The number of nitrogens with zero attached hydrogens (tertiary/aromatic N) is 1. The van der Waals surface area contributed by atoms with Crippen LogP contribution >= 0.6 is 34.5 Å². The molecule has 1 heterocycles. The number of esters is 1. The molecule has 2 aromatic carbocycles. The van der Waals surface area contributed by atoms with Gasteiger partial charge in [0, 0.05) is 20.5 Å². The Kier molecular flexibility index (Phi) is 8.94. The maximum absolute atomic E-state index is 13.0. The fourth-order valence-electron chi connectivity index (χ4n) is 3.19. The highest BCUT2D eigenvalue weighted by molar-refractivity contribution is 7.16. The predicted octanol–water partition coefficient (Wildman–Crippen LogP) is 6.97. The predicted molar refractivity (Wildman–Crippen MR) is 139 cm³/mol. The summed E-state index contributed by atoms with van der Waals surface area (Å²) in [6.45, 7) is 5.77. The van der Waals surface area contributed by atoms with E-state index >= 15 is 0 Å². The Morgan fingerprint density at radius 2 is 1.89 bits per heavy atom.